The van der Waals surface area contributed by atoms with Gasteiger partial charge in [0.1, 0.15) is 5.75 Å². The molecule has 2 N–H and O–H groups in total. The molecule has 1 unspecified atom stereocenters. The van der Waals surface area contributed by atoms with Gasteiger partial charge in [0.15, 0.2) is 0 Å². The van der Waals surface area contributed by atoms with E-state index in [2.05, 4.69) is 10.6 Å². The monoisotopic (exact) mass is 308 g/mol. The Hall–Kier alpha value is -1.26. The van der Waals surface area contributed by atoms with E-state index in [1.54, 1.807) is 6.07 Å². The number of carbonyl (C=O) groups excluding carboxylic acids is 1. The summed E-state index contributed by atoms with van der Waals surface area (Å²) in [6.07, 6.45) is 6.88. The van der Waals surface area contributed by atoms with E-state index < -0.39 is 0 Å². The normalized spacial score (nSPS) is 22.4. The van der Waals surface area contributed by atoms with Gasteiger partial charge in [-0.05, 0) is 63.3 Å². The molecule has 0 spiro atoms. The second-order valence-corrected chi connectivity index (χ2v) is 6.21. The fraction of sp³-hybridized carbons (Fsp3) is 0.562. The summed E-state index contributed by atoms with van der Waals surface area (Å²) in [5.41, 5.74) is 0.720. The maximum Gasteiger partial charge on any atom is 0.241 e. The third-order valence-electron chi connectivity index (χ3n) is 4.17. The van der Waals surface area contributed by atoms with Gasteiger partial charge < -0.3 is 15.4 Å². The molecule has 1 aliphatic carbocycles. The van der Waals surface area contributed by atoms with E-state index in [-0.39, 0.29) is 18.1 Å². The molecule has 1 heterocycles. The predicted octanol–water partition coefficient (Wildman–Crippen LogP) is 3.35. The van der Waals surface area contributed by atoms with Crippen LogP contribution in [0.1, 0.15) is 38.5 Å². The van der Waals surface area contributed by atoms with Gasteiger partial charge >= 0.3 is 0 Å². The molecule has 3 rings (SSSR count). The molecule has 0 aromatic heterocycles. The third-order valence-corrected chi connectivity index (χ3v) is 4.47. The van der Waals surface area contributed by atoms with Gasteiger partial charge in [0.25, 0.3) is 0 Å². The number of ether oxygens (including phenoxy) is 1. The number of hydrogen-bond donors (Lipinski definition) is 2. The van der Waals surface area contributed by atoms with E-state index >= 15 is 0 Å². The fourth-order valence-corrected chi connectivity index (χ4v) is 3.22. The summed E-state index contributed by atoms with van der Waals surface area (Å²) < 4.78 is 5.91. The highest BCUT2D eigenvalue weighted by atomic mass is 35.5. The smallest absolute Gasteiger partial charge is 0.241 e. The van der Waals surface area contributed by atoms with Crippen molar-refractivity contribution in [1.29, 1.82) is 0 Å². The molecular weight excluding hydrogens is 288 g/mol. The molecule has 1 aromatic carbocycles. The zero-order valence-electron chi connectivity index (χ0n) is 12.0. The van der Waals surface area contributed by atoms with Crippen molar-refractivity contribution in [3.63, 3.8) is 0 Å². The molecule has 1 aliphatic heterocycles. The summed E-state index contributed by atoms with van der Waals surface area (Å²) in [4.78, 5) is 12.0. The Kier molecular flexibility index (Phi) is 4.66. The molecule has 0 bridgehead atoms. The maximum absolute atomic E-state index is 12.0. The summed E-state index contributed by atoms with van der Waals surface area (Å²) in [6.45, 7) is 0.910. The topological polar surface area (TPSA) is 50.4 Å². The Bertz CT molecular complexity index is 509. The van der Waals surface area contributed by atoms with Gasteiger partial charge in [-0.2, -0.15) is 0 Å². The van der Waals surface area contributed by atoms with Crippen LogP contribution in [0.2, 0.25) is 5.02 Å². The molecular formula is C16H21ClN2O2. The van der Waals surface area contributed by atoms with Crippen LogP contribution >= 0.6 is 11.6 Å². The second kappa shape index (κ2) is 6.67. The van der Waals surface area contributed by atoms with Crippen LogP contribution in [-0.4, -0.2) is 24.6 Å². The van der Waals surface area contributed by atoms with Crippen molar-refractivity contribution in [3.8, 4) is 5.75 Å². The first-order valence-corrected chi connectivity index (χ1v) is 8.10. The number of halogens is 1. The quantitative estimate of drug-likeness (QED) is 0.897. The summed E-state index contributed by atoms with van der Waals surface area (Å²) in [5.74, 6) is 0.716. The first-order valence-electron chi connectivity index (χ1n) is 7.73. The Morgan fingerprint density at radius 1 is 1.24 bits per heavy atom. The third kappa shape index (κ3) is 3.69. The van der Waals surface area contributed by atoms with Gasteiger partial charge in [-0.15, -0.1) is 0 Å². The minimum atomic E-state index is -0.0850. The van der Waals surface area contributed by atoms with Crippen LogP contribution < -0.4 is 15.4 Å². The lowest BCUT2D eigenvalue weighted by molar-refractivity contribution is -0.117. The van der Waals surface area contributed by atoms with Gasteiger partial charge in [-0.1, -0.05) is 11.6 Å². The van der Waals surface area contributed by atoms with Crippen LogP contribution in [0.25, 0.3) is 0 Å². The van der Waals surface area contributed by atoms with Crippen molar-refractivity contribution < 1.29 is 9.53 Å². The van der Waals surface area contributed by atoms with E-state index in [0.29, 0.717) is 10.8 Å². The summed E-state index contributed by atoms with van der Waals surface area (Å²) in [7, 11) is 0. The van der Waals surface area contributed by atoms with Gasteiger partial charge in [0.2, 0.25) is 5.91 Å². The van der Waals surface area contributed by atoms with Gasteiger partial charge in [-0.3, -0.25) is 4.79 Å². The fourth-order valence-electron chi connectivity index (χ4n) is 3.00. The van der Waals surface area contributed by atoms with Crippen LogP contribution in [0.15, 0.2) is 18.2 Å². The molecule has 1 saturated carbocycles. The summed E-state index contributed by atoms with van der Waals surface area (Å²) in [6, 6.07) is 5.37. The second-order valence-electron chi connectivity index (χ2n) is 5.81. The predicted molar refractivity (Wildman–Crippen MR) is 84.0 cm³/mol. The van der Waals surface area contributed by atoms with Crippen LogP contribution in [-0.2, 0) is 4.79 Å². The highest BCUT2D eigenvalue weighted by Crippen LogP contribution is 2.31. The molecule has 1 amide bonds. The molecule has 114 valence electrons. The van der Waals surface area contributed by atoms with Gasteiger partial charge in [-0.25, -0.2) is 0 Å². The van der Waals surface area contributed by atoms with Crippen LogP contribution in [0.4, 0.5) is 5.69 Å². The SMILES string of the molecule is O=C(Nc1ccc(OC2CCCC2)c(Cl)c1)C1CCCN1. The molecule has 1 atom stereocenters. The van der Waals surface area contributed by atoms with E-state index in [0.717, 1.165) is 37.9 Å². The number of anilines is 1. The number of nitrogens with one attached hydrogen (secondary N) is 2. The minimum Gasteiger partial charge on any atom is -0.489 e. The average molecular weight is 309 g/mol. The summed E-state index contributed by atoms with van der Waals surface area (Å²) >= 11 is 6.26. The van der Waals surface area contributed by atoms with Crippen molar-refractivity contribution in [2.75, 3.05) is 11.9 Å². The largest absolute Gasteiger partial charge is 0.489 e. The first kappa shape index (κ1) is 14.7. The zero-order valence-corrected chi connectivity index (χ0v) is 12.8. The van der Waals surface area contributed by atoms with Crippen molar-refractivity contribution in [2.24, 2.45) is 0 Å². The number of carbonyl (C=O) groups is 1. The summed E-state index contributed by atoms with van der Waals surface area (Å²) in [5, 5.41) is 6.64. The molecule has 21 heavy (non-hydrogen) atoms. The van der Waals surface area contributed by atoms with E-state index in [4.69, 9.17) is 16.3 Å². The number of amides is 1. The molecule has 2 fully saturated rings. The average Bonchev–Trinajstić information content (AvgIpc) is 3.14. The Morgan fingerprint density at radius 3 is 2.71 bits per heavy atom. The molecule has 2 aliphatic rings. The van der Waals surface area contributed by atoms with E-state index in [9.17, 15) is 4.79 Å². The lowest BCUT2D eigenvalue weighted by Gasteiger charge is -2.16. The van der Waals surface area contributed by atoms with Crippen molar-refractivity contribution >= 4 is 23.2 Å². The van der Waals surface area contributed by atoms with E-state index in [1.165, 1.54) is 12.8 Å². The van der Waals surface area contributed by atoms with Gasteiger partial charge in [0, 0.05) is 5.69 Å². The zero-order chi connectivity index (χ0) is 14.7. The Morgan fingerprint density at radius 2 is 2.05 bits per heavy atom. The highest BCUT2D eigenvalue weighted by molar-refractivity contribution is 6.32. The van der Waals surface area contributed by atoms with E-state index in [1.807, 2.05) is 12.1 Å². The Labute approximate surface area is 130 Å². The number of benzene rings is 1. The highest BCUT2D eigenvalue weighted by Gasteiger charge is 2.22. The van der Waals surface area contributed by atoms with Gasteiger partial charge in [0.05, 0.1) is 17.2 Å². The lowest BCUT2D eigenvalue weighted by atomic mass is 10.2. The van der Waals surface area contributed by atoms with Crippen molar-refractivity contribution in [2.45, 2.75) is 50.7 Å². The number of hydrogen-bond acceptors (Lipinski definition) is 3. The first-order chi connectivity index (χ1) is 10.2. The molecule has 1 saturated heterocycles. The Balaban J connectivity index is 1.61. The number of rotatable bonds is 4. The van der Waals surface area contributed by atoms with Crippen LogP contribution in [0.5, 0.6) is 5.75 Å². The van der Waals surface area contributed by atoms with Crippen molar-refractivity contribution in [1.82, 2.24) is 5.32 Å². The minimum absolute atomic E-state index is 0.00743. The molecule has 4 nitrogen and oxygen atoms in total. The maximum atomic E-state index is 12.0. The molecule has 1 aromatic rings. The van der Waals surface area contributed by atoms with Crippen LogP contribution in [0, 0.1) is 0 Å². The molecule has 0 radical (unpaired) electrons. The lowest BCUT2D eigenvalue weighted by Crippen LogP contribution is -2.35. The van der Waals surface area contributed by atoms with Crippen molar-refractivity contribution in [3.05, 3.63) is 23.2 Å². The van der Waals surface area contributed by atoms with Crippen LogP contribution in [0.3, 0.4) is 0 Å². The standard InChI is InChI=1S/C16H21ClN2O2/c17-13-10-11(19-16(20)14-6-3-9-18-14)7-8-15(13)21-12-4-1-2-5-12/h7-8,10,12,14,18H,1-6,9H2,(H,19,20). The molecule has 5 heteroatoms.